The molecule has 0 saturated heterocycles. The van der Waals surface area contributed by atoms with Crippen LogP contribution in [0.5, 0.6) is 5.75 Å². The summed E-state index contributed by atoms with van der Waals surface area (Å²) < 4.78 is 18.6. The molecule has 0 unspecified atom stereocenters. The fourth-order valence-electron chi connectivity index (χ4n) is 1.86. The van der Waals surface area contributed by atoms with E-state index in [9.17, 15) is 19.3 Å². The van der Waals surface area contributed by atoms with Crippen molar-refractivity contribution in [2.24, 2.45) is 0 Å². The van der Waals surface area contributed by atoms with Crippen LogP contribution in [0.25, 0.3) is 0 Å². The molecule has 1 N–H and O–H groups in total. The predicted octanol–water partition coefficient (Wildman–Crippen LogP) is 3.38. The van der Waals surface area contributed by atoms with E-state index in [1.54, 1.807) is 31.2 Å². The number of anilines is 1. The Labute approximate surface area is 125 Å². The normalized spacial score (nSPS) is 10.1. The largest absolute Gasteiger partial charge is 0.493 e. The Morgan fingerprint density at radius 2 is 2.05 bits per heavy atom. The second-order valence-corrected chi connectivity index (χ2v) is 4.31. The minimum Gasteiger partial charge on any atom is -0.493 e. The molecule has 114 valence electrons. The molecule has 0 fully saturated rings. The minimum absolute atomic E-state index is 0.129. The predicted molar refractivity (Wildman–Crippen MR) is 78.6 cm³/mol. The van der Waals surface area contributed by atoms with Crippen molar-refractivity contribution in [3.8, 4) is 5.75 Å². The third kappa shape index (κ3) is 3.38. The van der Waals surface area contributed by atoms with Gasteiger partial charge in [-0.15, -0.1) is 0 Å². The van der Waals surface area contributed by atoms with Crippen LogP contribution in [0.3, 0.4) is 0 Å². The smallest absolute Gasteiger partial charge is 0.306 e. The van der Waals surface area contributed by atoms with Crippen LogP contribution in [0.2, 0.25) is 0 Å². The highest BCUT2D eigenvalue weighted by Gasteiger charge is 2.17. The molecule has 0 aliphatic heterocycles. The number of ether oxygens (including phenoxy) is 1. The van der Waals surface area contributed by atoms with Gasteiger partial charge in [-0.05, 0) is 31.2 Å². The summed E-state index contributed by atoms with van der Waals surface area (Å²) in [5, 5.41) is 13.2. The van der Waals surface area contributed by atoms with Crippen LogP contribution < -0.4 is 10.1 Å². The van der Waals surface area contributed by atoms with Gasteiger partial charge in [0, 0.05) is 11.8 Å². The molecule has 1 amide bonds. The lowest BCUT2D eigenvalue weighted by Crippen LogP contribution is -2.14. The average Bonchev–Trinajstić information content (AvgIpc) is 2.49. The van der Waals surface area contributed by atoms with Crippen molar-refractivity contribution in [1.29, 1.82) is 0 Å². The summed E-state index contributed by atoms with van der Waals surface area (Å²) in [6.07, 6.45) is 0. The van der Waals surface area contributed by atoms with Crippen LogP contribution >= 0.6 is 0 Å². The third-order valence-electron chi connectivity index (χ3n) is 2.83. The van der Waals surface area contributed by atoms with Crippen molar-refractivity contribution in [3.05, 3.63) is 64.0 Å². The Bertz CT molecular complexity index is 718. The van der Waals surface area contributed by atoms with E-state index in [0.29, 0.717) is 12.4 Å². The second-order valence-electron chi connectivity index (χ2n) is 4.31. The highest BCUT2D eigenvalue weighted by molar-refractivity contribution is 6.06. The maximum absolute atomic E-state index is 13.3. The third-order valence-corrected chi connectivity index (χ3v) is 2.83. The topological polar surface area (TPSA) is 81.5 Å². The SMILES string of the molecule is CCOc1ccccc1C(=O)Nc1ccc(F)c([N+](=O)[O-])c1. The number of carbonyl (C=O) groups excluding carboxylic acids is 1. The molecule has 0 aliphatic carbocycles. The summed E-state index contributed by atoms with van der Waals surface area (Å²) >= 11 is 0. The van der Waals surface area contributed by atoms with Gasteiger partial charge in [0.1, 0.15) is 5.75 Å². The van der Waals surface area contributed by atoms with E-state index in [0.717, 1.165) is 12.1 Å². The first-order valence-electron chi connectivity index (χ1n) is 6.50. The van der Waals surface area contributed by atoms with Gasteiger partial charge in [0.05, 0.1) is 17.1 Å². The highest BCUT2D eigenvalue weighted by atomic mass is 19.1. The van der Waals surface area contributed by atoms with Crippen LogP contribution in [0.4, 0.5) is 15.8 Å². The monoisotopic (exact) mass is 304 g/mol. The van der Waals surface area contributed by atoms with E-state index in [4.69, 9.17) is 4.74 Å². The Hall–Kier alpha value is -2.96. The molecule has 0 bridgehead atoms. The maximum Gasteiger partial charge on any atom is 0.306 e. The number of para-hydroxylation sites is 1. The number of nitrogens with one attached hydrogen (secondary N) is 1. The van der Waals surface area contributed by atoms with Crippen molar-refractivity contribution >= 4 is 17.3 Å². The van der Waals surface area contributed by atoms with Gasteiger partial charge in [-0.2, -0.15) is 4.39 Å². The molecule has 22 heavy (non-hydrogen) atoms. The first kappa shape index (κ1) is 15.4. The molecule has 2 rings (SSSR count). The molecule has 0 spiro atoms. The van der Waals surface area contributed by atoms with E-state index in [-0.39, 0.29) is 11.3 Å². The summed E-state index contributed by atoms with van der Waals surface area (Å²) in [6.45, 7) is 2.18. The average molecular weight is 304 g/mol. The summed E-state index contributed by atoms with van der Waals surface area (Å²) in [5.74, 6) is -1.05. The zero-order chi connectivity index (χ0) is 16.1. The van der Waals surface area contributed by atoms with Crippen molar-refractivity contribution in [2.45, 2.75) is 6.92 Å². The number of benzene rings is 2. The molecular weight excluding hydrogens is 291 g/mol. The molecule has 0 radical (unpaired) electrons. The van der Waals surface area contributed by atoms with Crippen molar-refractivity contribution < 1.29 is 18.8 Å². The Morgan fingerprint density at radius 1 is 1.32 bits per heavy atom. The molecular formula is C15H13FN2O4. The van der Waals surface area contributed by atoms with Gasteiger partial charge in [0.15, 0.2) is 0 Å². The second kappa shape index (κ2) is 6.66. The molecule has 0 heterocycles. The van der Waals surface area contributed by atoms with Crippen LogP contribution in [-0.2, 0) is 0 Å². The molecule has 0 aliphatic rings. The number of nitrogens with zero attached hydrogens (tertiary/aromatic N) is 1. The quantitative estimate of drug-likeness (QED) is 0.678. The van der Waals surface area contributed by atoms with Crippen molar-refractivity contribution in [1.82, 2.24) is 0 Å². The fraction of sp³-hybridized carbons (Fsp3) is 0.133. The Morgan fingerprint density at radius 3 is 2.73 bits per heavy atom. The van der Waals surface area contributed by atoms with Crippen molar-refractivity contribution in [2.75, 3.05) is 11.9 Å². The number of nitro groups is 1. The van der Waals surface area contributed by atoms with E-state index >= 15 is 0 Å². The van der Waals surface area contributed by atoms with Gasteiger partial charge in [0.2, 0.25) is 5.82 Å². The number of halogens is 1. The highest BCUT2D eigenvalue weighted by Crippen LogP contribution is 2.24. The van der Waals surface area contributed by atoms with E-state index in [1.165, 1.54) is 6.07 Å². The lowest BCUT2D eigenvalue weighted by Gasteiger charge is -2.10. The lowest BCUT2D eigenvalue weighted by atomic mass is 10.1. The van der Waals surface area contributed by atoms with Gasteiger partial charge >= 0.3 is 5.69 Å². The molecule has 2 aromatic rings. The molecule has 0 saturated carbocycles. The van der Waals surface area contributed by atoms with Gasteiger partial charge < -0.3 is 10.1 Å². The summed E-state index contributed by atoms with van der Waals surface area (Å²) in [4.78, 5) is 22.1. The zero-order valence-electron chi connectivity index (χ0n) is 11.7. The Balaban J connectivity index is 2.26. The van der Waals surface area contributed by atoms with Crippen LogP contribution in [0, 0.1) is 15.9 Å². The van der Waals surface area contributed by atoms with Crippen molar-refractivity contribution in [3.63, 3.8) is 0 Å². The molecule has 0 atom stereocenters. The molecule has 0 aromatic heterocycles. The summed E-state index contributed by atoms with van der Waals surface area (Å²) in [7, 11) is 0. The van der Waals surface area contributed by atoms with Gasteiger partial charge in [-0.25, -0.2) is 0 Å². The van der Waals surface area contributed by atoms with Crippen LogP contribution in [0.15, 0.2) is 42.5 Å². The van der Waals surface area contributed by atoms with E-state index in [2.05, 4.69) is 5.32 Å². The molecule has 6 nitrogen and oxygen atoms in total. The fourth-order valence-corrected chi connectivity index (χ4v) is 1.86. The Kier molecular flexibility index (Phi) is 4.67. The number of hydrogen-bond donors (Lipinski definition) is 1. The van der Waals surface area contributed by atoms with E-state index < -0.39 is 22.3 Å². The number of nitro benzene ring substituents is 1. The number of hydrogen-bond acceptors (Lipinski definition) is 4. The van der Waals surface area contributed by atoms with Gasteiger partial charge in [-0.3, -0.25) is 14.9 Å². The van der Waals surface area contributed by atoms with Gasteiger partial charge in [0.25, 0.3) is 5.91 Å². The molecule has 7 heteroatoms. The number of amides is 1. The van der Waals surface area contributed by atoms with Crippen LogP contribution in [0.1, 0.15) is 17.3 Å². The first-order chi connectivity index (χ1) is 10.5. The lowest BCUT2D eigenvalue weighted by molar-refractivity contribution is -0.387. The summed E-state index contributed by atoms with van der Waals surface area (Å²) in [6, 6.07) is 9.76. The zero-order valence-corrected chi connectivity index (χ0v) is 11.7. The molecule has 2 aromatic carbocycles. The maximum atomic E-state index is 13.3. The standard InChI is InChI=1S/C15H13FN2O4/c1-2-22-14-6-4-3-5-11(14)15(19)17-10-7-8-12(16)13(9-10)18(20)21/h3-9H,2H2,1H3,(H,17,19). The van der Waals surface area contributed by atoms with E-state index in [1.807, 2.05) is 0 Å². The summed E-state index contributed by atoms with van der Waals surface area (Å²) in [5.41, 5.74) is -0.281. The first-order valence-corrected chi connectivity index (χ1v) is 6.50. The number of rotatable bonds is 5. The minimum atomic E-state index is -0.960. The van der Waals surface area contributed by atoms with Gasteiger partial charge in [-0.1, -0.05) is 12.1 Å². The number of carbonyl (C=O) groups is 1. The van der Waals surface area contributed by atoms with Crippen LogP contribution in [-0.4, -0.2) is 17.4 Å².